The van der Waals surface area contributed by atoms with Crippen LogP contribution >= 0.6 is 0 Å². The maximum absolute atomic E-state index is 11.2. The van der Waals surface area contributed by atoms with Crippen LogP contribution in [-0.4, -0.2) is 23.7 Å². The van der Waals surface area contributed by atoms with Crippen molar-refractivity contribution in [1.29, 1.82) is 0 Å². The highest BCUT2D eigenvalue weighted by molar-refractivity contribution is 5.74. The number of unbranched alkanes of at least 4 members (excludes halogenated alkanes) is 1. The number of esters is 1. The number of ether oxygens (including phenoxy) is 1. The molecule has 0 aromatic rings. The fraction of sp³-hybridized carbons (Fsp3) is 0.739. The van der Waals surface area contributed by atoms with Crippen molar-refractivity contribution in [3.63, 3.8) is 0 Å². The van der Waals surface area contributed by atoms with Crippen LogP contribution in [0.1, 0.15) is 92.9 Å². The molecule has 158 valence electrons. The van der Waals surface area contributed by atoms with E-state index in [1.54, 1.807) is 0 Å². The van der Waals surface area contributed by atoms with Gasteiger partial charge < -0.3 is 9.84 Å². The Morgan fingerprint density at radius 3 is 2.07 bits per heavy atom. The van der Waals surface area contributed by atoms with Crippen LogP contribution < -0.4 is 0 Å². The molecule has 0 spiro atoms. The fourth-order valence-corrected chi connectivity index (χ4v) is 2.06. The van der Waals surface area contributed by atoms with E-state index in [4.69, 9.17) is 9.84 Å². The van der Waals surface area contributed by atoms with Crippen LogP contribution in [-0.2, 0) is 14.3 Å². The molecule has 0 heterocycles. The molecule has 1 N–H and O–H groups in total. The summed E-state index contributed by atoms with van der Waals surface area (Å²) >= 11 is 0. The smallest absolute Gasteiger partial charge is 0.309 e. The first-order valence-electron chi connectivity index (χ1n) is 10.5. The van der Waals surface area contributed by atoms with E-state index in [0.717, 1.165) is 44.9 Å². The van der Waals surface area contributed by atoms with Crippen molar-refractivity contribution < 1.29 is 19.4 Å². The summed E-state index contributed by atoms with van der Waals surface area (Å²) in [4.78, 5) is 22.1. The van der Waals surface area contributed by atoms with E-state index < -0.39 is 11.4 Å². The second-order valence-corrected chi connectivity index (χ2v) is 7.16. The zero-order chi connectivity index (χ0) is 21.1. The highest BCUT2D eigenvalue weighted by Gasteiger charge is 2.29. The summed E-state index contributed by atoms with van der Waals surface area (Å²) < 4.78 is 5.05. The van der Waals surface area contributed by atoms with Gasteiger partial charge in [0, 0.05) is 0 Å². The first-order chi connectivity index (χ1) is 12.8. The topological polar surface area (TPSA) is 63.6 Å². The Balaban J connectivity index is 0. The van der Waals surface area contributed by atoms with Crippen molar-refractivity contribution in [3.8, 4) is 0 Å². The molecule has 0 rings (SSSR count). The summed E-state index contributed by atoms with van der Waals surface area (Å²) in [6.07, 6.45) is 15.6. The summed E-state index contributed by atoms with van der Waals surface area (Å²) in [6.45, 7) is 12.4. The predicted molar refractivity (Wildman–Crippen MR) is 114 cm³/mol. The van der Waals surface area contributed by atoms with Crippen molar-refractivity contribution in [2.24, 2.45) is 11.3 Å². The second-order valence-electron chi connectivity index (χ2n) is 7.16. The van der Waals surface area contributed by atoms with Crippen molar-refractivity contribution >= 4 is 11.9 Å². The molecular weight excluding hydrogens is 340 g/mol. The number of hydrogen-bond acceptors (Lipinski definition) is 3. The zero-order valence-corrected chi connectivity index (χ0v) is 18.4. The van der Waals surface area contributed by atoms with E-state index in [1.165, 1.54) is 0 Å². The van der Waals surface area contributed by atoms with Gasteiger partial charge >= 0.3 is 11.9 Å². The third kappa shape index (κ3) is 15.2. The second kappa shape index (κ2) is 17.8. The van der Waals surface area contributed by atoms with Gasteiger partial charge in [-0.05, 0) is 51.9 Å². The van der Waals surface area contributed by atoms with Gasteiger partial charge in [-0.15, -0.1) is 0 Å². The minimum Gasteiger partial charge on any atom is -0.481 e. The monoisotopic (exact) mass is 382 g/mol. The average Bonchev–Trinajstić information content (AvgIpc) is 2.66. The lowest BCUT2D eigenvalue weighted by Gasteiger charge is -2.21. The molecule has 2 unspecified atom stereocenters. The molecular formula is C23H42O4. The Kier molecular flexibility index (Phi) is 18.2. The standard InChI is InChI=1S/C12H22O2.C11H20O2/c1-4-6-7-8-9-10-12(3,5-2)11(13)14;1-4-6-7-8-9-13-11(12)10(3)5-2/h7-8H,4-6,9-10H2,1-3H3,(H,13,14);6-7,10H,4-5,8-9H2,1-3H3/b8-7-;7-6-. The number of rotatable bonds is 13. The van der Waals surface area contributed by atoms with Crippen molar-refractivity contribution in [2.75, 3.05) is 6.61 Å². The summed E-state index contributed by atoms with van der Waals surface area (Å²) in [5, 5.41) is 9.01. The largest absolute Gasteiger partial charge is 0.481 e. The number of aliphatic carboxylic acids is 1. The summed E-state index contributed by atoms with van der Waals surface area (Å²) in [7, 11) is 0. The Morgan fingerprint density at radius 1 is 1.00 bits per heavy atom. The van der Waals surface area contributed by atoms with E-state index in [1.807, 2.05) is 33.8 Å². The quantitative estimate of drug-likeness (QED) is 0.223. The third-order valence-corrected chi connectivity index (χ3v) is 4.73. The first kappa shape index (κ1) is 27.6. The first-order valence-corrected chi connectivity index (χ1v) is 10.5. The molecule has 0 aliphatic rings. The molecule has 4 nitrogen and oxygen atoms in total. The molecule has 27 heavy (non-hydrogen) atoms. The van der Waals surface area contributed by atoms with Gasteiger partial charge in [-0.1, -0.05) is 65.3 Å². The van der Waals surface area contributed by atoms with Gasteiger partial charge in [-0.3, -0.25) is 9.59 Å². The van der Waals surface area contributed by atoms with Gasteiger partial charge in [0.15, 0.2) is 0 Å². The van der Waals surface area contributed by atoms with E-state index in [-0.39, 0.29) is 11.9 Å². The van der Waals surface area contributed by atoms with Crippen LogP contribution in [0.2, 0.25) is 0 Å². The minimum absolute atomic E-state index is 0.0372. The molecule has 0 fully saturated rings. The van der Waals surface area contributed by atoms with E-state index >= 15 is 0 Å². The van der Waals surface area contributed by atoms with Crippen LogP contribution in [0.15, 0.2) is 24.3 Å². The lowest BCUT2D eigenvalue weighted by Crippen LogP contribution is -2.26. The van der Waals surface area contributed by atoms with Crippen molar-refractivity contribution in [1.82, 2.24) is 0 Å². The van der Waals surface area contributed by atoms with Crippen LogP contribution in [0.25, 0.3) is 0 Å². The maximum Gasteiger partial charge on any atom is 0.309 e. The molecule has 0 aromatic carbocycles. The van der Waals surface area contributed by atoms with Crippen LogP contribution in [0.5, 0.6) is 0 Å². The molecule has 2 atom stereocenters. The van der Waals surface area contributed by atoms with Gasteiger partial charge in [0.05, 0.1) is 17.9 Å². The fourth-order valence-electron chi connectivity index (χ4n) is 2.06. The number of carboxylic acids is 1. The van der Waals surface area contributed by atoms with Crippen molar-refractivity contribution in [2.45, 2.75) is 92.9 Å². The van der Waals surface area contributed by atoms with E-state index in [2.05, 4.69) is 32.1 Å². The highest BCUT2D eigenvalue weighted by atomic mass is 16.5. The van der Waals surface area contributed by atoms with Crippen LogP contribution in [0.3, 0.4) is 0 Å². The third-order valence-electron chi connectivity index (χ3n) is 4.73. The van der Waals surface area contributed by atoms with E-state index in [9.17, 15) is 9.59 Å². The van der Waals surface area contributed by atoms with Crippen LogP contribution in [0, 0.1) is 11.3 Å². The van der Waals surface area contributed by atoms with Gasteiger partial charge in [-0.25, -0.2) is 0 Å². The number of hydrogen-bond donors (Lipinski definition) is 1. The summed E-state index contributed by atoms with van der Waals surface area (Å²) in [6, 6.07) is 0. The van der Waals surface area contributed by atoms with Crippen molar-refractivity contribution in [3.05, 3.63) is 24.3 Å². The van der Waals surface area contributed by atoms with Gasteiger partial charge in [-0.2, -0.15) is 0 Å². The normalized spacial score (nSPS) is 14.4. The molecule has 0 aliphatic carbocycles. The zero-order valence-electron chi connectivity index (χ0n) is 18.4. The predicted octanol–water partition coefficient (Wildman–Crippen LogP) is 6.56. The molecule has 0 radical (unpaired) electrons. The molecule has 0 aliphatic heterocycles. The number of carbonyl (C=O) groups excluding carboxylic acids is 1. The Labute approximate surface area is 167 Å². The number of carboxylic acid groups (broad SMARTS) is 1. The SMILES string of the molecule is CC/C=C\CCOC(=O)C(C)CC.CCC/C=C\CCC(C)(CC)C(=O)O. The summed E-state index contributed by atoms with van der Waals surface area (Å²) in [5.74, 6) is -0.716. The molecule has 4 heteroatoms. The Morgan fingerprint density at radius 2 is 1.59 bits per heavy atom. The van der Waals surface area contributed by atoms with Gasteiger partial charge in [0.1, 0.15) is 0 Å². The lowest BCUT2D eigenvalue weighted by molar-refractivity contribution is -0.149. The molecule has 0 bridgehead atoms. The van der Waals surface area contributed by atoms with Gasteiger partial charge in [0.2, 0.25) is 0 Å². The number of carbonyl (C=O) groups is 2. The Hall–Kier alpha value is -1.58. The molecule has 0 saturated carbocycles. The highest BCUT2D eigenvalue weighted by Crippen LogP contribution is 2.27. The molecule has 0 aromatic heterocycles. The Bertz CT molecular complexity index is 440. The van der Waals surface area contributed by atoms with Gasteiger partial charge in [0.25, 0.3) is 0 Å². The number of allylic oxidation sites excluding steroid dienone is 3. The molecule has 0 saturated heterocycles. The van der Waals surface area contributed by atoms with Crippen LogP contribution in [0.4, 0.5) is 0 Å². The lowest BCUT2D eigenvalue weighted by atomic mass is 9.83. The maximum atomic E-state index is 11.2. The van der Waals surface area contributed by atoms with E-state index in [0.29, 0.717) is 13.0 Å². The summed E-state index contributed by atoms with van der Waals surface area (Å²) in [5.41, 5.74) is -0.545. The average molecular weight is 383 g/mol. The minimum atomic E-state index is -0.677. The molecule has 0 amide bonds.